The van der Waals surface area contributed by atoms with Gasteiger partial charge in [0.05, 0.1) is 25.1 Å². The van der Waals surface area contributed by atoms with Crippen molar-refractivity contribution >= 4 is 5.91 Å². The molecule has 1 saturated heterocycles. The minimum atomic E-state index is -0.442. The van der Waals surface area contributed by atoms with Crippen molar-refractivity contribution in [3.05, 3.63) is 46.8 Å². The van der Waals surface area contributed by atoms with Crippen molar-refractivity contribution in [3.8, 4) is 0 Å². The van der Waals surface area contributed by atoms with Gasteiger partial charge in [0, 0.05) is 49.9 Å². The molecule has 1 fully saturated rings. The predicted molar refractivity (Wildman–Crippen MR) is 101 cm³/mol. The molecule has 0 unspecified atom stereocenters. The van der Waals surface area contributed by atoms with Crippen LogP contribution >= 0.6 is 0 Å². The third-order valence-electron chi connectivity index (χ3n) is 5.54. The van der Waals surface area contributed by atoms with Crippen LogP contribution in [-0.2, 0) is 30.9 Å². The van der Waals surface area contributed by atoms with Crippen LogP contribution in [0.3, 0.4) is 0 Å². The summed E-state index contributed by atoms with van der Waals surface area (Å²) in [7, 11) is 0. The molecular formula is C20H26FN5O2. The number of amides is 1. The molecule has 150 valence electrons. The van der Waals surface area contributed by atoms with E-state index in [0.717, 1.165) is 63.9 Å². The maximum Gasteiger partial charge on any atom is 0.270 e. The van der Waals surface area contributed by atoms with E-state index < -0.39 is 5.82 Å². The second kappa shape index (κ2) is 8.36. The predicted octanol–water partition coefficient (Wildman–Crippen LogP) is 1.90. The zero-order chi connectivity index (χ0) is 19.5. The van der Waals surface area contributed by atoms with Crippen molar-refractivity contribution in [2.75, 3.05) is 19.7 Å². The lowest BCUT2D eigenvalue weighted by Crippen LogP contribution is -2.44. The first-order valence-corrected chi connectivity index (χ1v) is 9.94. The van der Waals surface area contributed by atoms with Gasteiger partial charge in [0.25, 0.3) is 5.91 Å². The molecule has 4 heterocycles. The molecule has 0 aliphatic carbocycles. The van der Waals surface area contributed by atoms with Gasteiger partial charge in [-0.2, -0.15) is 5.10 Å². The first kappa shape index (κ1) is 19.0. The van der Waals surface area contributed by atoms with E-state index in [2.05, 4.69) is 26.8 Å². The third-order valence-corrected chi connectivity index (χ3v) is 5.54. The van der Waals surface area contributed by atoms with E-state index in [1.165, 1.54) is 23.4 Å². The summed E-state index contributed by atoms with van der Waals surface area (Å²) in [5.74, 6) is -0.686. The summed E-state index contributed by atoms with van der Waals surface area (Å²) >= 11 is 0. The Morgan fingerprint density at radius 1 is 1.36 bits per heavy atom. The van der Waals surface area contributed by atoms with Crippen LogP contribution in [-0.4, -0.2) is 51.3 Å². The number of halogens is 1. The molecule has 2 aliphatic rings. The van der Waals surface area contributed by atoms with E-state index in [4.69, 9.17) is 9.84 Å². The Morgan fingerprint density at radius 2 is 2.18 bits per heavy atom. The lowest BCUT2D eigenvalue weighted by Gasteiger charge is -2.32. The molecule has 0 atom stereocenters. The maximum absolute atomic E-state index is 12.9. The Morgan fingerprint density at radius 3 is 2.89 bits per heavy atom. The average Bonchev–Trinajstić information content (AvgIpc) is 3.08. The number of aryl methyl sites for hydroxylation is 1. The topological polar surface area (TPSA) is 72.3 Å². The minimum absolute atomic E-state index is 0.112. The first-order valence-electron chi connectivity index (χ1n) is 9.94. The highest BCUT2D eigenvalue weighted by molar-refractivity contribution is 5.92. The smallest absolute Gasteiger partial charge is 0.270 e. The van der Waals surface area contributed by atoms with Crippen LogP contribution < -0.4 is 5.32 Å². The molecule has 7 nitrogen and oxygen atoms in total. The number of nitrogens with one attached hydrogen (secondary N) is 1. The van der Waals surface area contributed by atoms with Gasteiger partial charge < -0.3 is 10.1 Å². The molecule has 0 spiro atoms. The van der Waals surface area contributed by atoms with Gasteiger partial charge >= 0.3 is 0 Å². The zero-order valence-electron chi connectivity index (χ0n) is 16.2. The normalized spacial score (nSPS) is 18.1. The van der Waals surface area contributed by atoms with Crippen molar-refractivity contribution in [1.82, 2.24) is 25.0 Å². The summed E-state index contributed by atoms with van der Waals surface area (Å²) in [5, 5.41) is 7.82. The van der Waals surface area contributed by atoms with Crippen LogP contribution in [0.1, 0.15) is 47.2 Å². The summed E-state index contributed by atoms with van der Waals surface area (Å²) in [6, 6.07) is 2.78. The fourth-order valence-electron chi connectivity index (χ4n) is 3.98. The third kappa shape index (κ3) is 4.07. The molecule has 0 saturated carbocycles. The largest absolute Gasteiger partial charge is 0.376 e. The van der Waals surface area contributed by atoms with Crippen LogP contribution in [0.15, 0.2) is 18.3 Å². The van der Waals surface area contributed by atoms with Crippen LogP contribution in [0.25, 0.3) is 0 Å². The summed E-state index contributed by atoms with van der Waals surface area (Å²) in [6.45, 7) is 7.05. The number of carbonyl (C=O) groups excluding carboxylic acids is 1. The number of rotatable bonds is 5. The van der Waals surface area contributed by atoms with E-state index in [-0.39, 0.29) is 17.6 Å². The van der Waals surface area contributed by atoms with Gasteiger partial charge in [-0.3, -0.25) is 14.4 Å². The van der Waals surface area contributed by atoms with Crippen LogP contribution in [0.4, 0.5) is 4.39 Å². The summed E-state index contributed by atoms with van der Waals surface area (Å²) in [4.78, 5) is 18.5. The Bertz CT molecular complexity index is 828. The van der Waals surface area contributed by atoms with Crippen molar-refractivity contribution in [3.63, 3.8) is 0 Å². The van der Waals surface area contributed by atoms with Gasteiger partial charge in [-0.05, 0) is 31.9 Å². The highest BCUT2D eigenvalue weighted by Crippen LogP contribution is 2.23. The van der Waals surface area contributed by atoms with Gasteiger partial charge in [-0.1, -0.05) is 0 Å². The summed E-state index contributed by atoms with van der Waals surface area (Å²) in [5.41, 5.74) is 3.94. The number of likely N-dealkylation sites (tertiary alicyclic amines) is 1. The standard InChI is InChI=1S/C20H26FN5O2/c1-2-26-19-7-10-28-13-16(19)18(24-26)12-25-8-5-15(6-9-25)23-20(27)17-4-3-14(21)11-22-17/h3-4,11,15H,2,5-10,12-13H2,1H3,(H,23,27). The van der Waals surface area contributed by atoms with Crippen LogP contribution in [0.2, 0.25) is 0 Å². The number of ether oxygens (including phenoxy) is 1. The fourth-order valence-corrected chi connectivity index (χ4v) is 3.98. The highest BCUT2D eigenvalue weighted by Gasteiger charge is 2.25. The van der Waals surface area contributed by atoms with E-state index in [1.54, 1.807) is 0 Å². The van der Waals surface area contributed by atoms with Crippen LogP contribution in [0.5, 0.6) is 0 Å². The molecule has 28 heavy (non-hydrogen) atoms. The lowest BCUT2D eigenvalue weighted by molar-refractivity contribution is 0.0901. The molecule has 8 heteroatoms. The first-order chi connectivity index (χ1) is 13.6. The molecule has 1 amide bonds. The van der Waals surface area contributed by atoms with Crippen molar-refractivity contribution in [2.24, 2.45) is 0 Å². The highest BCUT2D eigenvalue weighted by atomic mass is 19.1. The van der Waals surface area contributed by atoms with E-state index >= 15 is 0 Å². The Kier molecular flexibility index (Phi) is 5.68. The molecule has 2 aromatic heterocycles. The van der Waals surface area contributed by atoms with Crippen molar-refractivity contribution in [1.29, 1.82) is 0 Å². The number of piperidine rings is 1. The number of hydrogen-bond acceptors (Lipinski definition) is 5. The number of carbonyl (C=O) groups is 1. The number of nitrogens with zero attached hydrogens (tertiary/aromatic N) is 4. The fraction of sp³-hybridized carbons (Fsp3) is 0.550. The molecule has 0 aromatic carbocycles. The van der Waals surface area contributed by atoms with Crippen molar-refractivity contribution in [2.45, 2.75) is 51.9 Å². The minimum Gasteiger partial charge on any atom is -0.376 e. The Balaban J connectivity index is 1.32. The molecular weight excluding hydrogens is 361 g/mol. The van der Waals surface area contributed by atoms with Gasteiger partial charge in [0.1, 0.15) is 11.5 Å². The molecule has 0 radical (unpaired) electrons. The van der Waals surface area contributed by atoms with Crippen molar-refractivity contribution < 1.29 is 13.9 Å². The SMILES string of the molecule is CCn1nc(CN2CCC(NC(=O)c3ccc(F)cn3)CC2)c2c1CCOC2. The second-order valence-electron chi connectivity index (χ2n) is 7.38. The molecule has 0 bridgehead atoms. The summed E-state index contributed by atoms with van der Waals surface area (Å²) in [6.07, 6.45) is 3.75. The maximum atomic E-state index is 12.9. The van der Waals surface area contributed by atoms with E-state index in [1.807, 2.05) is 0 Å². The molecule has 2 aromatic rings. The summed E-state index contributed by atoms with van der Waals surface area (Å²) < 4.78 is 20.7. The van der Waals surface area contributed by atoms with Gasteiger partial charge in [-0.15, -0.1) is 0 Å². The van der Waals surface area contributed by atoms with Crippen LogP contribution in [0, 0.1) is 5.82 Å². The molecule has 1 N–H and O–H groups in total. The van der Waals surface area contributed by atoms with Gasteiger partial charge in [0.15, 0.2) is 0 Å². The number of pyridine rings is 1. The Labute approximate surface area is 163 Å². The van der Waals surface area contributed by atoms with E-state index in [9.17, 15) is 9.18 Å². The average molecular weight is 387 g/mol. The number of fused-ring (bicyclic) bond motifs is 1. The molecule has 4 rings (SSSR count). The quantitative estimate of drug-likeness (QED) is 0.849. The lowest BCUT2D eigenvalue weighted by atomic mass is 10.0. The Hall–Kier alpha value is -2.32. The monoisotopic (exact) mass is 387 g/mol. The zero-order valence-corrected chi connectivity index (χ0v) is 16.2. The number of aromatic nitrogens is 3. The molecule has 2 aliphatic heterocycles. The number of hydrogen-bond donors (Lipinski definition) is 1. The van der Waals surface area contributed by atoms with Gasteiger partial charge in [0.2, 0.25) is 0 Å². The second-order valence-corrected chi connectivity index (χ2v) is 7.38. The van der Waals surface area contributed by atoms with Gasteiger partial charge in [-0.25, -0.2) is 9.37 Å². The van der Waals surface area contributed by atoms with E-state index in [0.29, 0.717) is 6.61 Å².